The van der Waals surface area contributed by atoms with Gasteiger partial charge in [0.05, 0.1) is 22.9 Å². The third-order valence-corrected chi connectivity index (χ3v) is 10.5. The van der Waals surface area contributed by atoms with Gasteiger partial charge in [-0.1, -0.05) is 72.8 Å². The molecule has 12 heteroatoms. The standard InChI is InChI=1S/C30H28N4O6S2/c35-26-8-4-7-24-29(26)32-30(31-24)25(17-19-9-11-22(12-10-19)27-18-28(36)34-42(27,39)40)33-41(37,38)23-15-13-21(14-16-23)20-5-2-1-3-6-20/h1-16,25,27,33,35,39-40H,17-18H2,(H,31,32)(H,34,36)/t25-,27?/m0/s1. The number of sulfonamides is 1. The molecule has 2 heterocycles. The summed E-state index contributed by atoms with van der Waals surface area (Å²) >= 11 is 0. The Kier molecular flexibility index (Phi) is 7.25. The van der Waals surface area contributed by atoms with Gasteiger partial charge < -0.3 is 10.1 Å². The van der Waals surface area contributed by atoms with Gasteiger partial charge >= 0.3 is 0 Å². The van der Waals surface area contributed by atoms with Gasteiger partial charge in [-0.2, -0.15) is 0 Å². The van der Waals surface area contributed by atoms with Gasteiger partial charge in [0.15, 0.2) is 0 Å². The minimum Gasteiger partial charge on any atom is -0.506 e. The number of aromatic nitrogens is 2. The molecular formula is C30H28N4O6S2. The van der Waals surface area contributed by atoms with E-state index in [1.54, 1.807) is 60.7 Å². The van der Waals surface area contributed by atoms with Crippen molar-refractivity contribution in [2.45, 2.75) is 29.0 Å². The Hall–Kier alpha value is -4.20. The Balaban J connectivity index is 1.30. The first-order valence-corrected chi connectivity index (χ1v) is 16.2. The zero-order valence-corrected chi connectivity index (χ0v) is 23.8. The summed E-state index contributed by atoms with van der Waals surface area (Å²) in [5.41, 5.74) is 4.06. The number of para-hydroxylation sites is 1. The SMILES string of the molecule is O=C1CC(c2ccc(C[C@H](NS(=O)(=O)c3ccc(-c4ccccc4)cc3)c3nc4c(O)cccc4[nH]3)cc2)S(O)(O)N1. The molecule has 1 amide bonds. The van der Waals surface area contributed by atoms with Crippen LogP contribution >= 0.6 is 10.8 Å². The molecule has 6 rings (SSSR count). The molecule has 1 aliphatic rings. The van der Waals surface area contributed by atoms with Crippen LogP contribution in [0.5, 0.6) is 5.75 Å². The second-order valence-electron chi connectivity index (χ2n) is 10.1. The minimum atomic E-state index is -4.00. The molecule has 1 fully saturated rings. The molecule has 4 aromatic carbocycles. The van der Waals surface area contributed by atoms with E-state index in [4.69, 9.17) is 0 Å². The first-order valence-electron chi connectivity index (χ1n) is 13.1. The third kappa shape index (κ3) is 5.62. The number of benzene rings is 4. The van der Waals surface area contributed by atoms with Crippen molar-refractivity contribution in [1.82, 2.24) is 19.4 Å². The van der Waals surface area contributed by atoms with Crippen LogP contribution in [-0.4, -0.2) is 38.5 Å². The van der Waals surface area contributed by atoms with Gasteiger partial charge in [-0.05, 0) is 52.9 Å². The molecule has 0 radical (unpaired) electrons. The summed E-state index contributed by atoms with van der Waals surface area (Å²) in [6, 6.07) is 27.2. The molecule has 1 saturated heterocycles. The molecule has 2 atom stereocenters. The van der Waals surface area contributed by atoms with Crippen molar-refractivity contribution in [3.05, 3.63) is 114 Å². The minimum absolute atomic E-state index is 0.0313. The van der Waals surface area contributed by atoms with Gasteiger partial charge in [-0.3, -0.25) is 18.6 Å². The van der Waals surface area contributed by atoms with Crippen molar-refractivity contribution in [3.63, 3.8) is 0 Å². The molecule has 216 valence electrons. The molecular weight excluding hydrogens is 576 g/mol. The van der Waals surface area contributed by atoms with Gasteiger partial charge in [-0.15, -0.1) is 10.8 Å². The van der Waals surface area contributed by atoms with Gasteiger partial charge in [-0.25, -0.2) is 18.1 Å². The first kappa shape index (κ1) is 27.9. The predicted molar refractivity (Wildman–Crippen MR) is 161 cm³/mol. The number of aromatic amines is 1. The van der Waals surface area contributed by atoms with Crippen LogP contribution in [0.4, 0.5) is 0 Å². The maximum Gasteiger partial charge on any atom is 0.241 e. The van der Waals surface area contributed by atoms with E-state index < -0.39 is 38.0 Å². The summed E-state index contributed by atoms with van der Waals surface area (Å²) in [5.74, 6) is -0.139. The van der Waals surface area contributed by atoms with Crippen molar-refractivity contribution in [2.24, 2.45) is 0 Å². The van der Waals surface area contributed by atoms with Gasteiger partial charge in [0.1, 0.15) is 22.3 Å². The number of rotatable bonds is 8. The predicted octanol–water partition coefficient (Wildman–Crippen LogP) is 5.42. The van der Waals surface area contributed by atoms with Gasteiger partial charge in [0.2, 0.25) is 15.9 Å². The molecule has 0 spiro atoms. The average Bonchev–Trinajstić information content (AvgIpc) is 3.54. The molecule has 6 N–H and O–H groups in total. The number of nitrogens with one attached hydrogen (secondary N) is 3. The fourth-order valence-corrected chi connectivity index (χ4v) is 7.77. The lowest BCUT2D eigenvalue weighted by molar-refractivity contribution is -0.118. The Labute approximate surface area is 244 Å². The number of aromatic hydroxyl groups is 1. The van der Waals surface area contributed by atoms with E-state index in [0.717, 1.165) is 16.7 Å². The average molecular weight is 605 g/mol. The second-order valence-corrected chi connectivity index (χ2v) is 13.8. The highest BCUT2D eigenvalue weighted by Gasteiger charge is 2.38. The summed E-state index contributed by atoms with van der Waals surface area (Å²) in [6.07, 6.45) is 0.163. The fourth-order valence-electron chi connectivity index (χ4n) is 5.08. The molecule has 0 bridgehead atoms. The molecule has 1 aromatic heterocycles. The van der Waals surface area contributed by atoms with Gasteiger partial charge in [0, 0.05) is 0 Å². The molecule has 5 aromatic rings. The van der Waals surface area contributed by atoms with Crippen LogP contribution in [0.2, 0.25) is 0 Å². The van der Waals surface area contributed by atoms with Crippen molar-refractivity contribution in [1.29, 1.82) is 0 Å². The van der Waals surface area contributed by atoms with Crippen molar-refractivity contribution >= 4 is 37.7 Å². The van der Waals surface area contributed by atoms with Crippen LogP contribution < -0.4 is 9.44 Å². The third-order valence-electron chi connectivity index (χ3n) is 7.23. The summed E-state index contributed by atoms with van der Waals surface area (Å²) in [6.45, 7) is 0. The quantitative estimate of drug-likeness (QED) is 0.138. The Morgan fingerprint density at radius 1 is 0.905 bits per heavy atom. The Morgan fingerprint density at radius 2 is 1.60 bits per heavy atom. The largest absolute Gasteiger partial charge is 0.506 e. The number of hydrogen-bond acceptors (Lipinski definition) is 7. The number of nitrogens with zero attached hydrogens (tertiary/aromatic N) is 1. The van der Waals surface area contributed by atoms with E-state index in [9.17, 15) is 27.4 Å². The van der Waals surface area contributed by atoms with Crippen molar-refractivity contribution in [2.75, 3.05) is 0 Å². The Bertz CT molecular complexity index is 1860. The van der Waals surface area contributed by atoms with Crippen LogP contribution in [0.3, 0.4) is 0 Å². The number of hydrogen-bond donors (Lipinski definition) is 6. The van der Waals surface area contributed by atoms with Crippen molar-refractivity contribution in [3.8, 4) is 16.9 Å². The number of carbonyl (C=O) groups excluding carboxylic acids is 1. The molecule has 1 unspecified atom stereocenters. The maximum absolute atomic E-state index is 13.6. The van der Waals surface area contributed by atoms with E-state index in [-0.39, 0.29) is 23.5 Å². The zero-order chi connectivity index (χ0) is 29.5. The molecule has 42 heavy (non-hydrogen) atoms. The van der Waals surface area contributed by atoms with E-state index in [0.29, 0.717) is 22.4 Å². The van der Waals surface area contributed by atoms with Crippen molar-refractivity contribution < 1.29 is 27.4 Å². The highest BCUT2D eigenvalue weighted by Crippen LogP contribution is 2.56. The van der Waals surface area contributed by atoms with Gasteiger partial charge in [0.25, 0.3) is 0 Å². The van der Waals surface area contributed by atoms with Crippen LogP contribution in [0, 0.1) is 0 Å². The molecule has 10 nitrogen and oxygen atoms in total. The topological polar surface area (TPSA) is 165 Å². The lowest BCUT2D eigenvalue weighted by atomic mass is 10.0. The maximum atomic E-state index is 13.6. The highest BCUT2D eigenvalue weighted by atomic mass is 32.3. The lowest BCUT2D eigenvalue weighted by Gasteiger charge is -2.32. The normalized spacial score (nSPS) is 18.0. The summed E-state index contributed by atoms with van der Waals surface area (Å²) in [7, 11) is -7.29. The monoisotopic (exact) mass is 604 g/mol. The summed E-state index contributed by atoms with van der Waals surface area (Å²) < 4.78 is 52.6. The first-order chi connectivity index (χ1) is 20.1. The number of fused-ring (bicyclic) bond motifs is 1. The van der Waals surface area contributed by atoms with E-state index >= 15 is 0 Å². The number of carbonyl (C=O) groups is 1. The fraction of sp³-hybridized carbons (Fsp3) is 0.133. The zero-order valence-electron chi connectivity index (χ0n) is 22.1. The van der Waals surface area contributed by atoms with E-state index in [1.807, 2.05) is 30.3 Å². The second kappa shape index (κ2) is 10.9. The summed E-state index contributed by atoms with van der Waals surface area (Å²) in [4.78, 5) is 19.5. The lowest BCUT2D eigenvalue weighted by Crippen LogP contribution is -2.31. The molecule has 0 aliphatic carbocycles. The van der Waals surface area contributed by atoms with E-state index in [1.165, 1.54) is 6.07 Å². The number of imidazole rings is 1. The number of H-pyrrole nitrogens is 1. The van der Waals surface area contributed by atoms with Crippen LogP contribution in [-0.2, 0) is 21.2 Å². The smallest absolute Gasteiger partial charge is 0.241 e. The number of phenols is 1. The number of amides is 1. The van der Waals surface area contributed by atoms with Crippen LogP contribution in [0.1, 0.15) is 34.7 Å². The highest BCUT2D eigenvalue weighted by molar-refractivity contribution is 8.23. The van der Waals surface area contributed by atoms with E-state index in [2.05, 4.69) is 19.4 Å². The van der Waals surface area contributed by atoms with Crippen LogP contribution in [0.15, 0.2) is 102 Å². The molecule has 1 aliphatic heterocycles. The van der Waals surface area contributed by atoms with Crippen LogP contribution in [0.25, 0.3) is 22.2 Å². The summed E-state index contributed by atoms with van der Waals surface area (Å²) in [5, 5.41) is 9.53. The number of phenolic OH excluding ortho intramolecular Hbond substituents is 1. The molecule has 0 saturated carbocycles. The Morgan fingerprint density at radius 3 is 2.24 bits per heavy atom.